The van der Waals surface area contributed by atoms with E-state index in [9.17, 15) is 17.6 Å². The van der Waals surface area contributed by atoms with Crippen LogP contribution < -0.4 is 0 Å². The first-order valence-corrected chi connectivity index (χ1v) is 7.37. The molecule has 0 radical (unpaired) electrons. The van der Waals surface area contributed by atoms with E-state index in [4.69, 9.17) is 0 Å². The van der Waals surface area contributed by atoms with Crippen LogP contribution in [0.15, 0.2) is 42.5 Å². The number of aryl methyl sites for hydroxylation is 1. The van der Waals surface area contributed by atoms with Crippen LogP contribution in [0.25, 0.3) is 21.9 Å². The summed E-state index contributed by atoms with van der Waals surface area (Å²) in [6.45, 7) is 2.06. The molecule has 0 atom stereocenters. The van der Waals surface area contributed by atoms with Crippen LogP contribution in [0.5, 0.6) is 0 Å². The van der Waals surface area contributed by atoms with Gasteiger partial charge in [0.05, 0.1) is 0 Å². The molecule has 0 unspecified atom stereocenters. The zero-order valence-corrected chi connectivity index (χ0v) is 12.5. The summed E-state index contributed by atoms with van der Waals surface area (Å²) in [5.41, 5.74) is 1.11. The fourth-order valence-corrected chi connectivity index (χ4v) is 2.72. The molecule has 23 heavy (non-hydrogen) atoms. The van der Waals surface area contributed by atoms with Crippen molar-refractivity contribution in [1.29, 1.82) is 0 Å². The molecule has 0 aromatic heterocycles. The molecule has 0 heterocycles. The minimum absolute atomic E-state index is 0.0292. The fourth-order valence-electron chi connectivity index (χ4n) is 2.72. The second-order valence-corrected chi connectivity index (χ2v) is 5.49. The number of fused-ring (bicyclic) bond motifs is 1. The maximum Gasteiger partial charge on any atom is 0.194 e. The highest BCUT2D eigenvalue weighted by Gasteiger charge is 2.15. The predicted octanol–water partition coefficient (Wildman–Crippen LogP) is 6.02. The number of hydrogen-bond acceptors (Lipinski definition) is 0. The lowest BCUT2D eigenvalue weighted by Crippen LogP contribution is -1.94. The standard InChI is InChI=1S/C19H14F4/c1-2-3-11-4-6-14-12(8-11)5-7-15(18(14)22)13-9-16(20)19(23)17(21)10-13/h4-10H,2-3H2,1H3. The van der Waals surface area contributed by atoms with Gasteiger partial charge >= 0.3 is 0 Å². The van der Waals surface area contributed by atoms with Crippen LogP contribution in [-0.4, -0.2) is 0 Å². The Hall–Kier alpha value is -2.36. The van der Waals surface area contributed by atoms with E-state index in [-0.39, 0.29) is 11.1 Å². The third-order valence-corrected chi connectivity index (χ3v) is 3.85. The number of hydrogen-bond donors (Lipinski definition) is 0. The summed E-state index contributed by atoms with van der Waals surface area (Å²) in [6.07, 6.45) is 1.88. The number of halogens is 4. The van der Waals surface area contributed by atoms with Crippen molar-refractivity contribution in [2.45, 2.75) is 19.8 Å². The van der Waals surface area contributed by atoms with Gasteiger partial charge in [-0.2, -0.15) is 0 Å². The second-order valence-electron chi connectivity index (χ2n) is 5.49. The molecule has 0 N–H and O–H groups in total. The highest BCUT2D eigenvalue weighted by Crippen LogP contribution is 2.31. The Balaban J connectivity index is 2.16. The summed E-state index contributed by atoms with van der Waals surface area (Å²) in [6, 6.07) is 10.2. The van der Waals surface area contributed by atoms with Gasteiger partial charge in [0.25, 0.3) is 0 Å². The van der Waals surface area contributed by atoms with Gasteiger partial charge < -0.3 is 0 Å². The van der Waals surface area contributed by atoms with Crippen LogP contribution in [0.4, 0.5) is 17.6 Å². The van der Waals surface area contributed by atoms with Crippen molar-refractivity contribution in [2.75, 3.05) is 0 Å². The van der Waals surface area contributed by atoms with E-state index in [0.29, 0.717) is 5.39 Å². The first kappa shape index (κ1) is 15.5. The molecule has 3 rings (SSSR count). The van der Waals surface area contributed by atoms with E-state index < -0.39 is 23.3 Å². The highest BCUT2D eigenvalue weighted by molar-refractivity contribution is 5.88. The Morgan fingerprint density at radius 2 is 1.48 bits per heavy atom. The zero-order valence-electron chi connectivity index (χ0n) is 12.5. The van der Waals surface area contributed by atoms with Crippen LogP contribution in [0, 0.1) is 23.3 Å². The van der Waals surface area contributed by atoms with Gasteiger partial charge in [0.15, 0.2) is 17.5 Å². The minimum atomic E-state index is -1.56. The normalized spacial score (nSPS) is 11.2. The maximum atomic E-state index is 14.7. The molecule has 4 heteroatoms. The molecule has 0 aliphatic heterocycles. The summed E-state index contributed by atoms with van der Waals surface area (Å²) in [5, 5.41) is 1.09. The fraction of sp³-hybridized carbons (Fsp3) is 0.158. The Labute approximate surface area is 131 Å². The molecular weight excluding hydrogens is 304 g/mol. The van der Waals surface area contributed by atoms with Gasteiger partial charge in [0.2, 0.25) is 0 Å². The highest BCUT2D eigenvalue weighted by atomic mass is 19.2. The van der Waals surface area contributed by atoms with Crippen molar-refractivity contribution in [3.63, 3.8) is 0 Å². The Morgan fingerprint density at radius 3 is 2.13 bits per heavy atom. The molecule has 3 aromatic rings. The average molecular weight is 318 g/mol. The molecule has 0 spiro atoms. The lowest BCUT2D eigenvalue weighted by molar-refractivity contribution is 0.447. The lowest BCUT2D eigenvalue weighted by atomic mass is 9.98. The van der Waals surface area contributed by atoms with Crippen molar-refractivity contribution in [1.82, 2.24) is 0 Å². The third kappa shape index (κ3) is 2.81. The zero-order chi connectivity index (χ0) is 16.6. The Bertz CT molecular complexity index is 861. The van der Waals surface area contributed by atoms with E-state index in [1.807, 2.05) is 12.1 Å². The molecule has 0 fully saturated rings. The molecule has 118 valence electrons. The summed E-state index contributed by atoms with van der Waals surface area (Å²) in [4.78, 5) is 0. The van der Waals surface area contributed by atoms with Crippen LogP contribution in [0.2, 0.25) is 0 Å². The van der Waals surface area contributed by atoms with Gasteiger partial charge in [0, 0.05) is 10.9 Å². The van der Waals surface area contributed by atoms with E-state index in [1.165, 1.54) is 6.07 Å². The van der Waals surface area contributed by atoms with Crippen LogP contribution in [0.1, 0.15) is 18.9 Å². The molecule has 0 bridgehead atoms. The van der Waals surface area contributed by atoms with Crippen LogP contribution in [0.3, 0.4) is 0 Å². The summed E-state index contributed by atoms with van der Waals surface area (Å²) >= 11 is 0. The predicted molar refractivity (Wildman–Crippen MR) is 83.2 cm³/mol. The summed E-state index contributed by atoms with van der Waals surface area (Å²) in [5.74, 6) is -4.80. The SMILES string of the molecule is CCCc1ccc2c(F)c(-c3cc(F)c(F)c(F)c3)ccc2c1. The Kier molecular flexibility index (Phi) is 4.07. The van der Waals surface area contributed by atoms with Crippen molar-refractivity contribution in [2.24, 2.45) is 0 Å². The molecule has 0 aliphatic carbocycles. The van der Waals surface area contributed by atoms with E-state index in [2.05, 4.69) is 6.92 Å². The van der Waals surface area contributed by atoms with Crippen LogP contribution in [-0.2, 0) is 6.42 Å². The van der Waals surface area contributed by atoms with Crippen molar-refractivity contribution in [3.05, 3.63) is 71.3 Å². The third-order valence-electron chi connectivity index (χ3n) is 3.85. The van der Waals surface area contributed by atoms with E-state index >= 15 is 0 Å². The van der Waals surface area contributed by atoms with Gasteiger partial charge in [-0.15, -0.1) is 0 Å². The van der Waals surface area contributed by atoms with E-state index in [1.54, 1.807) is 12.1 Å². The maximum absolute atomic E-state index is 14.7. The smallest absolute Gasteiger partial charge is 0.194 e. The first-order chi connectivity index (χ1) is 11.0. The van der Waals surface area contributed by atoms with Crippen molar-refractivity contribution < 1.29 is 17.6 Å². The molecule has 3 aromatic carbocycles. The summed E-state index contributed by atoms with van der Waals surface area (Å²) in [7, 11) is 0. The topological polar surface area (TPSA) is 0 Å². The Morgan fingerprint density at radius 1 is 0.783 bits per heavy atom. The largest absolute Gasteiger partial charge is 0.206 e. The van der Waals surface area contributed by atoms with Gasteiger partial charge in [-0.3, -0.25) is 0 Å². The second kappa shape index (κ2) is 6.03. The minimum Gasteiger partial charge on any atom is -0.206 e. The van der Waals surface area contributed by atoms with Gasteiger partial charge in [-0.1, -0.05) is 43.7 Å². The van der Waals surface area contributed by atoms with Crippen molar-refractivity contribution in [3.8, 4) is 11.1 Å². The van der Waals surface area contributed by atoms with Crippen molar-refractivity contribution >= 4 is 10.8 Å². The lowest BCUT2D eigenvalue weighted by Gasteiger charge is -2.09. The molecule has 0 saturated heterocycles. The number of benzene rings is 3. The van der Waals surface area contributed by atoms with Gasteiger partial charge in [-0.05, 0) is 35.1 Å². The van der Waals surface area contributed by atoms with Gasteiger partial charge in [0.1, 0.15) is 5.82 Å². The molecule has 0 aliphatic rings. The van der Waals surface area contributed by atoms with Crippen LogP contribution >= 0.6 is 0 Å². The number of rotatable bonds is 3. The summed E-state index contributed by atoms with van der Waals surface area (Å²) < 4.78 is 54.5. The molecule has 0 nitrogen and oxygen atoms in total. The monoisotopic (exact) mass is 318 g/mol. The van der Waals surface area contributed by atoms with Gasteiger partial charge in [-0.25, -0.2) is 17.6 Å². The first-order valence-electron chi connectivity index (χ1n) is 7.37. The molecule has 0 saturated carbocycles. The molecular formula is C19H14F4. The molecule has 0 amide bonds. The quantitative estimate of drug-likeness (QED) is 0.409. The average Bonchev–Trinajstić information content (AvgIpc) is 2.53. The van der Waals surface area contributed by atoms with E-state index in [0.717, 1.165) is 35.9 Å².